The third kappa shape index (κ3) is 3.26. The smallest absolute Gasteiger partial charge is 0.276 e. The molecule has 1 aliphatic carbocycles. The van der Waals surface area contributed by atoms with Crippen LogP contribution in [0.15, 0.2) is 35.3 Å². The van der Waals surface area contributed by atoms with Crippen LogP contribution in [0.1, 0.15) is 28.9 Å². The van der Waals surface area contributed by atoms with Gasteiger partial charge in [-0.25, -0.2) is 8.78 Å². The summed E-state index contributed by atoms with van der Waals surface area (Å²) in [6.07, 6.45) is 2.00. The van der Waals surface area contributed by atoms with Gasteiger partial charge >= 0.3 is 0 Å². The fraction of sp³-hybridized carbons (Fsp3) is 0.409. The lowest BCUT2D eigenvalue weighted by Crippen LogP contribution is -2.62. The predicted molar refractivity (Wildman–Crippen MR) is 106 cm³/mol. The van der Waals surface area contributed by atoms with E-state index in [1.807, 2.05) is 0 Å². The number of amides is 2. The Hall–Kier alpha value is -3.27. The third-order valence-electron chi connectivity index (χ3n) is 6.62. The molecule has 0 spiro atoms. The number of benzene rings is 1. The molecular weight excluding hydrogens is 424 g/mol. The molecule has 0 bridgehead atoms. The molecule has 2 amide bonds. The van der Waals surface area contributed by atoms with Gasteiger partial charge in [-0.1, -0.05) is 6.07 Å². The lowest BCUT2D eigenvalue weighted by molar-refractivity contribution is -0.149. The maximum atomic E-state index is 13.9. The highest BCUT2D eigenvalue weighted by molar-refractivity contribution is 5.96. The summed E-state index contributed by atoms with van der Waals surface area (Å²) in [5.41, 5.74) is -0.608. The minimum atomic E-state index is -0.746. The molecule has 3 aliphatic rings. The van der Waals surface area contributed by atoms with Crippen molar-refractivity contribution in [1.29, 1.82) is 0 Å². The lowest BCUT2D eigenvalue weighted by Gasteiger charge is -2.48. The molecule has 32 heavy (non-hydrogen) atoms. The summed E-state index contributed by atoms with van der Waals surface area (Å²) in [6, 6.07) is 3.88. The molecule has 2 aromatic rings. The van der Waals surface area contributed by atoms with Gasteiger partial charge in [0.2, 0.25) is 11.3 Å². The second-order valence-corrected chi connectivity index (χ2v) is 8.42. The summed E-state index contributed by atoms with van der Waals surface area (Å²) in [5, 5.41) is 12.9. The van der Waals surface area contributed by atoms with Gasteiger partial charge < -0.3 is 24.6 Å². The van der Waals surface area contributed by atoms with E-state index in [0.717, 1.165) is 12.1 Å². The minimum Gasteiger partial charge on any atom is -0.503 e. The maximum absolute atomic E-state index is 13.9. The Balaban J connectivity index is 1.39. The van der Waals surface area contributed by atoms with Crippen LogP contribution >= 0.6 is 0 Å². The standard InChI is InChI=1S/C22H21F2N3O5/c23-13-3-1-11(15(24)7-13)8-25-21(30)14-4-2-12-10-32-17-9-26-6-5-16(28)20(29)19(26)22(31)27(17)18(12)14/h1,3,5-7,12,14,17-18,29H,2,4,8-10H2,(H,25,30). The number of nitrogens with one attached hydrogen (secondary N) is 1. The first-order chi connectivity index (χ1) is 15.3. The van der Waals surface area contributed by atoms with Crippen LogP contribution in [0.4, 0.5) is 8.78 Å². The van der Waals surface area contributed by atoms with Crippen molar-refractivity contribution in [3.05, 3.63) is 63.6 Å². The molecule has 5 rings (SSSR count). The summed E-state index contributed by atoms with van der Waals surface area (Å²) >= 11 is 0. The molecule has 10 heteroatoms. The molecule has 2 aliphatic heterocycles. The van der Waals surface area contributed by atoms with Crippen LogP contribution in [0, 0.1) is 23.5 Å². The summed E-state index contributed by atoms with van der Waals surface area (Å²) in [6.45, 7) is 0.510. The average molecular weight is 445 g/mol. The number of hydrogen-bond donors (Lipinski definition) is 2. The van der Waals surface area contributed by atoms with Gasteiger partial charge in [-0.2, -0.15) is 0 Å². The number of fused-ring (bicyclic) bond motifs is 4. The molecule has 0 radical (unpaired) electrons. The van der Waals surface area contributed by atoms with Gasteiger partial charge in [0.25, 0.3) is 5.91 Å². The van der Waals surface area contributed by atoms with Crippen molar-refractivity contribution in [3.8, 4) is 5.75 Å². The summed E-state index contributed by atoms with van der Waals surface area (Å²) < 4.78 is 34.4. The molecule has 2 N–H and O–H groups in total. The molecule has 1 aromatic heterocycles. The van der Waals surface area contributed by atoms with Gasteiger partial charge in [0, 0.05) is 36.4 Å². The first kappa shape index (κ1) is 20.6. The predicted octanol–water partition coefficient (Wildman–Crippen LogP) is 1.36. The Morgan fingerprint density at radius 2 is 2.03 bits per heavy atom. The molecule has 8 nitrogen and oxygen atoms in total. The second-order valence-electron chi connectivity index (χ2n) is 8.42. The normalized spacial score (nSPS) is 26.3. The number of hydrogen-bond acceptors (Lipinski definition) is 5. The fourth-order valence-corrected chi connectivity index (χ4v) is 5.08. The SMILES string of the molecule is O=C(NCc1ccc(F)cc1F)C1CCC2COC3Cn4ccc(=O)c(O)c4C(=O)N3C21. The van der Waals surface area contributed by atoms with Gasteiger partial charge in [-0.15, -0.1) is 0 Å². The highest BCUT2D eigenvalue weighted by atomic mass is 19.1. The molecule has 1 saturated carbocycles. The van der Waals surface area contributed by atoms with E-state index < -0.39 is 46.9 Å². The van der Waals surface area contributed by atoms with E-state index in [1.165, 1.54) is 27.8 Å². The topological polar surface area (TPSA) is 101 Å². The number of pyridine rings is 1. The monoisotopic (exact) mass is 445 g/mol. The van der Waals surface area contributed by atoms with Crippen LogP contribution in [0.2, 0.25) is 0 Å². The molecule has 1 aromatic carbocycles. The zero-order chi connectivity index (χ0) is 22.6. The van der Waals surface area contributed by atoms with Crippen LogP contribution in [-0.2, 0) is 22.6 Å². The third-order valence-corrected chi connectivity index (χ3v) is 6.62. The molecule has 3 heterocycles. The van der Waals surface area contributed by atoms with E-state index in [1.54, 1.807) is 0 Å². The Bertz CT molecular complexity index is 1170. The first-order valence-corrected chi connectivity index (χ1v) is 10.4. The number of aromatic nitrogens is 1. The van der Waals surface area contributed by atoms with E-state index in [2.05, 4.69) is 5.32 Å². The summed E-state index contributed by atoms with van der Waals surface area (Å²) in [7, 11) is 0. The summed E-state index contributed by atoms with van der Waals surface area (Å²) in [4.78, 5) is 39.7. The van der Waals surface area contributed by atoms with Gasteiger partial charge in [0.1, 0.15) is 11.6 Å². The number of nitrogens with zero attached hydrogens (tertiary/aromatic N) is 2. The van der Waals surface area contributed by atoms with E-state index in [9.17, 15) is 28.3 Å². The minimum absolute atomic E-state index is 0.0716. The molecule has 168 valence electrons. The number of halogens is 2. The van der Waals surface area contributed by atoms with Gasteiger partial charge in [0.05, 0.1) is 25.1 Å². The molecule has 4 atom stereocenters. The lowest BCUT2D eigenvalue weighted by atomic mass is 9.92. The van der Waals surface area contributed by atoms with Crippen molar-refractivity contribution in [3.63, 3.8) is 0 Å². The van der Waals surface area contributed by atoms with Crippen LogP contribution in [0.25, 0.3) is 0 Å². The van der Waals surface area contributed by atoms with Crippen LogP contribution in [0.3, 0.4) is 0 Å². The van der Waals surface area contributed by atoms with E-state index in [-0.39, 0.29) is 36.2 Å². The second kappa shape index (κ2) is 7.70. The quantitative estimate of drug-likeness (QED) is 0.743. The van der Waals surface area contributed by atoms with E-state index in [0.29, 0.717) is 19.4 Å². The van der Waals surface area contributed by atoms with Gasteiger partial charge in [-0.3, -0.25) is 14.4 Å². The Morgan fingerprint density at radius 3 is 2.81 bits per heavy atom. The maximum Gasteiger partial charge on any atom is 0.276 e. The summed E-state index contributed by atoms with van der Waals surface area (Å²) in [5.74, 6) is -3.59. The highest BCUT2D eigenvalue weighted by Gasteiger charge is 2.52. The largest absolute Gasteiger partial charge is 0.503 e. The van der Waals surface area contributed by atoms with Crippen molar-refractivity contribution in [2.75, 3.05) is 6.61 Å². The number of carbonyl (C=O) groups is 2. The van der Waals surface area contributed by atoms with Crippen molar-refractivity contribution in [2.24, 2.45) is 11.8 Å². The zero-order valence-electron chi connectivity index (χ0n) is 17.0. The number of ether oxygens (including phenoxy) is 1. The molecule has 1 saturated heterocycles. The van der Waals surface area contributed by atoms with Crippen molar-refractivity contribution in [1.82, 2.24) is 14.8 Å². The Kier molecular flexibility index (Phi) is 4.96. The van der Waals surface area contributed by atoms with Crippen molar-refractivity contribution < 1.29 is 28.2 Å². The van der Waals surface area contributed by atoms with Crippen molar-refractivity contribution >= 4 is 11.8 Å². The zero-order valence-corrected chi connectivity index (χ0v) is 17.0. The Labute approximate surface area is 181 Å². The molecular formula is C22H21F2N3O5. The Morgan fingerprint density at radius 1 is 1.22 bits per heavy atom. The highest BCUT2D eigenvalue weighted by Crippen LogP contribution is 2.42. The van der Waals surface area contributed by atoms with Crippen LogP contribution < -0.4 is 10.7 Å². The number of carbonyl (C=O) groups excluding carboxylic acids is 2. The van der Waals surface area contributed by atoms with Crippen molar-refractivity contribution in [2.45, 2.75) is 38.2 Å². The molecule has 2 fully saturated rings. The van der Waals surface area contributed by atoms with E-state index in [4.69, 9.17) is 4.74 Å². The number of rotatable bonds is 3. The first-order valence-electron chi connectivity index (χ1n) is 10.4. The molecule has 4 unspecified atom stereocenters. The van der Waals surface area contributed by atoms with E-state index >= 15 is 0 Å². The average Bonchev–Trinajstić information content (AvgIpc) is 3.19. The van der Waals surface area contributed by atoms with Gasteiger partial charge in [-0.05, 0) is 18.9 Å². The number of aromatic hydroxyl groups is 1. The van der Waals surface area contributed by atoms with Crippen LogP contribution in [0.5, 0.6) is 5.75 Å². The van der Waals surface area contributed by atoms with Gasteiger partial charge in [0.15, 0.2) is 17.7 Å². The van der Waals surface area contributed by atoms with Crippen LogP contribution in [-0.4, -0.2) is 45.3 Å². The fourth-order valence-electron chi connectivity index (χ4n) is 5.08.